The first kappa shape index (κ1) is 9.21. The average Bonchev–Trinajstić information content (AvgIpc) is 2.30. The first-order valence-corrected chi connectivity index (χ1v) is 5.28. The zero-order valence-electron chi connectivity index (χ0n) is 7.63. The Morgan fingerprint density at radius 2 is 2.38 bits per heavy atom. The fraction of sp³-hybridized carbons (Fsp3) is 0.667. The Hall–Kier alpha value is -0.350. The molecule has 0 saturated heterocycles. The van der Waals surface area contributed by atoms with Crippen molar-refractivity contribution < 1.29 is 5.11 Å². The van der Waals surface area contributed by atoms with Gasteiger partial charge >= 0.3 is 0 Å². The van der Waals surface area contributed by atoms with Crippen LogP contribution in [0, 0.1) is 0 Å². The maximum absolute atomic E-state index is 9.37. The number of halogens is 1. The largest absolute Gasteiger partial charge is 0.395 e. The molecular weight excluding hydrogens is 232 g/mol. The van der Waals surface area contributed by atoms with E-state index in [1.54, 1.807) is 0 Å². The van der Waals surface area contributed by atoms with Crippen LogP contribution in [0.15, 0.2) is 10.7 Å². The SMILES string of the molecule is Cn1nc(Br)cc1C1(CO)CCC1. The van der Waals surface area contributed by atoms with Crippen LogP contribution in [-0.2, 0) is 12.5 Å². The molecule has 0 bridgehead atoms. The van der Waals surface area contributed by atoms with Crippen LogP contribution in [0.4, 0.5) is 0 Å². The van der Waals surface area contributed by atoms with Gasteiger partial charge in [0.2, 0.25) is 0 Å². The Kier molecular flexibility index (Phi) is 2.20. The summed E-state index contributed by atoms with van der Waals surface area (Å²) in [5.74, 6) is 0. The molecule has 0 aliphatic heterocycles. The van der Waals surface area contributed by atoms with Gasteiger partial charge in [-0.25, -0.2) is 0 Å². The molecule has 2 rings (SSSR count). The lowest BCUT2D eigenvalue weighted by atomic mass is 9.67. The van der Waals surface area contributed by atoms with E-state index in [2.05, 4.69) is 21.0 Å². The summed E-state index contributed by atoms with van der Waals surface area (Å²) in [7, 11) is 1.93. The third kappa shape index (κ3) is 1.32. The highest BCUT2D eigenvalue weighted by atomic mass is 79.9. The van der Waals surface area contributed by atoms with Gasteiger partial charge in [0.05, 0.1) is 6.61 Å². The van der Waals surface area contributed by atoms with E-state index in [0.717, 1.165) is 23.1 Å². The maximum Gasteiger partial charge on any atom is 0.128 e. The number of aryl methyl sites for hydroxylation is 1. The minimum absolute atomic E-state index is 0.00618. The maximum atomic E-state index is 9.37. The van der Waals surface area contributed by atoms with Crippen LogP contribution in [0.1, 0.15) is 25.0 Å². The Morgan fingerprint density at radius 3 is 2.69 bits per heavy atom. The normalized spacial score (nSPS) is 19.9. The Balaban J connectivity index is 2.37. The lowest BCUT2D eigenvalue weighted by molar-refractivity contribution is 0.112. The van der Waals surface area contributed by atoms with Crippen molar-refractivity contribution in [3.63, 3.8) is 0 Å². The summed E-state index contributed by atoms with van der Waals surface area (Å²) in [6, 6.07) is 2.01. The van der Waals surface area contributed by atoms with Crippen molar-refractivity contribution in [3.8, 4) is 0 Å². The quantitative estimate of drug-likeness (QED) is 0.859. The van der Waals surface area contributed by atoms with Crippen molar-refractivity contribution in [2.45, 2.75) is 24.7 Å². The van der Waals surface area contributed by atoms with Crippen molar-refractivity contribution in [1.29, 1.82) is 0 Å². The topological polar surface area (TPSA) is 38.0 Å². The predicted octanol–water partition coefficient (Wildman–Crippen LogP) is 1.60. The van der Waals surface area contributed by atoms with Crippen LogP contribution in [0.25, 0.3) is 0 Å². The zero-order valence-corrected chi connectivity index (χ0v) is 9.21. The Labute approximate surface area is 85.9 Å². The summed E-state index contributed by atoms with van der Waals surface area (Å²) in [4.78, 5) is 0. The van der Waals surface area contributed by atoms with Gasteiger partial charge in [0.25, 0.3) is 0 Å². The molecule has 4 heteroatoms. The lowest BCUT2D eigenvalue weighted by Gasteiger charge is -2.40. The molecule has 0 radical (unpaired) electrons. The van der Waals surface area contributed by atoms with Crippen molar-refractivity contribution in [3.05, 3.63) is 16.4 Å². The van der Waals surface area contributed by atoms with Crippen molar-refractivity contribution in [2.24, 2.45) is 7.05 Å². The van der Waals surface area contributed by atoms with Gasteiger partial charge in [-0.3, -0.25) is 4.68 Å². The van der Waals surface area contributed by atoms with Gasteiger partial charge in [0.15, 0.2) is 0 Å². The van der Waals surface area contributed by atoms with Gasteiger partial charge in [-0.15, -0.1) is 0 Å². The molecule has 0 amide bonds. The fourth-order valence-corrected chi connectivity index (χ4v) is 2.48. The molecule has 1 aromatic rings. The molecule has 1 fully saturated rings. The number of hydrogen-bond acceptors (Lipinski definition) is 2. The molecule has 1 aliphatic rings. The van der Waals surface area contributed by atoms with Crippen LogP contribution in [0.2, 0.25) is 0 Å². The lowest BCUT2D eigenvalue weighted by Crippen LogP contribution is -2.39. The fourth-order valence-electron chi connectivity index (χ4n) is 2.03. The van der Waals surface area contributed by atoms with E-state index >= 15 is 0 Å². The van der Waals surface area contributed by atoms with Crippen LogP contribution in [-0.4, -0.2) is 21.5 Å². The highest BCUT2D eigenvalue weighted by molar-refractivity contribution is 9.10. The van der Waals surface area contributed by atoms with E-state index in [-0.39, 0.29) is 12.0 Å². The third-order valence-corrected chi connectivity index (χ3v) is 3.39. The van der Waals surface area contributed by atoms with Crippen LogP contribution in [0.5, 0.6) is 0 Å². The molecule has 1 saturated carbocycles. The minimum Gasteiger partial charge on any atom is -0.395 e. The van der Waals surface area contributed by atoms with Crippen LogP contribution >= 0.6 is 15.9 Å². The van der Waals surface area contributed by atoms with Crippen LogP contribution in [0.3, 0.4) is 0 Å². The number of aliphatic hydroxyl groups is 1. The molecule has 3 nitrogen and oxygen atoms in total. The molecule has 0 unspecified atom stereocenters. The van der Waals surface area contributed by atoms with E-state index in [1.165, 1.54) is 6.42 Å². The second-order valence-electron chi connectivity index (χ2n) is 3.77. The number of nitrogens with zero attached hydrogens (tertiary/aromatic N) is 2. The highest BCUT2D eigenvalue weighted by Crippen LogP contribution is 2.43. The van der Waals surface area contributed by atoms with E-state index in [1.807, 2.05) is 17.8 Å². The van der Waals surface area contributed by atoms with Crippen molar-refractivity contribution >= 4 is 15.9 Å². The summed E-state index contributed by atoms with van der Waals surface area (Å²) in [6.07, 6.45) is 3.37. The van der Waals surface area contributed by atoms with Gasteiger partial charge in [-0.1, -0.05) is 6.42 Å². The smallest absolute Gasteiger partial charge is 0.128 e. The summed E-state index contributed by atoms with van der Waals surface area (Å²) in [5, 5.41) is 13.6. The van der Waals surface area contributed by atoms with Gasteiger partial charge in [0, 0.05) is 18.2 Å². The molecule has 1 aromatic heterocycles. The summed E-state index contributed by atoms with van der Waals surface area (Å²) < 4.78 is 2.71. The van der Waals surface area contributed by atoms with Crippen molar-refractivity contribution in [1.82, 2.24) is 9.78 Å². The highest BCUT2D eigenvalue weighted by Gasteiger charge is 2.40. The van der Waals surface area contributed by atoms with E-state index in [4.69, 9.17) is 0 Å². The van der Waals surface area contributed by atoms with Gasteiger partial charge < -0.3 is 5.11 Å². The minimum atomic E-state index is -0.00618. The molecule has 0 spiro atoms. The third-order valence-electron chi connectivity index (χ3n) is 3.01. The summed E-state index contributed by atoms with van der Waals surface area (Å²) in [5.41, 5.74) is 1.14. The van der Waals surface area contributed by atoms with Crippen molar-refractivity contribution in [2.75, 3.05) is 6.61 Å². The molecule has 1 aliphatic carbocycles. The van der Waals surface area contributed by atoms with Gasteiger partial charge in [-0.05, 0) is 34.8 Å². The van der Waals surface area contributed by atoms with E-state index in [9.17, 15) is 5.11 Å². The molecule has 13 heavy (non-hydrogen) atoms. The Bertz CT molecular complexity index is 312. The number of rotatable bonds is 2. The molecule has 1 N–H and O–H groups in total. The first-order chi connectivity index (χ1) is 6.18. The number of hydrogen-bond donors (Lipinski definition) is 1. The monoisotopic (exact) mass is 244 g/mol. The number of aliphatic hydroxyl groups excluding tert-OH is 1. The molecule has 0 aromatic carbocycles. The molecular formula is C9H13BrN2O. The molecule has 1 heterocycles. The Morgan fingerprint density at radius 1 is 1.69 bits per heavy atom. The predicted molar refractivity (Wildman–Crippen MR) is 53.5 cm³/mol. The standard InChI is InChI=1S/C9H13BrN2O/c1-12-7(5-8(10)11-12)9(6-13)3-2-4-9/h5,13H,2-4,6H2,1H3. The zero-order chi connectivity index (χ0) is 9.47. The molecule has 0 atom stereocenters. The summed E-state index contributed by atoms with van der Waals surface area (Å²) in [6.45, 7) is 0.235. The van der Waals surface area contributed by atoms with Gasteiger partial charge in [-0.2, -0.15) is 5.10 Å². The van der Waals surface area contributed by atoms with Gasteiger partial charge in [0.1, 0.15) is 4.60 Å². The summed E-state index contributed by atoms with van der Waals surface area (Å²) >= 11 is 3.34. The first-order valence-electron chi connectivity index (χ1n) is 4.49. The van der Waals surface area contributed by atoms with E-state index in [0.29, 0.717) is 0 Å². The average molecular weight is 245 g/mol. The van der Waals surface area contributed by atoms with Crippen LogP contribution < -0.4 is 0 Å². The van der Waals surface area contributed by atoms with E-state index < -0.39 is 0 Å². The molecule has 72 valence electrons. The number of aromatic nitrogens is 2. The second kappa shape index (κ2) is 3.10. The second-order valence-corrected chi connectivity index (χ2v) is 4.58.